The first-order chi connectivity index (χ1) is 14.4. The van der Waals surface area contributed by atoms with Crippen LogP contribution in [0.15, 0.2) is 77.3 Å². The van der Waals surface area contributed by atoms with Crippen LogP contribution in [0.1, 0.15) is 5.56 Å². The van der Waals surface area contributed by atoms with Gasteiger partial charge in [0.15, 0.2) is 5.76 Å². The van der Waals surface area contributed by atoms with Gasteiger partial charge in [-0.2, -0.15) is 0 Å². The Kier molecular flexibility index (Phi) is 4.49. The molecule has 6 nitrogen and oxygen atoms in total. The van der Waals surface area contributed by atoms with Gasteiger partial charge in [0.1, 0.15) is 0 Å². The second-order valence-corrected chi connectivity index (χ2v) is 9.13. The summed E-state index contributed by atoms with van der Waals surface area (Å²) in [5, 5.41) is 3.79. The van der Waals surface area contributed by atoms with Crippen LogP contribution >= 0.6 is 11.6 Å². The zero-order valence-corrected chi connectivity index (χ0v) is 17.2. The van der Waals surface area contributed by atoms with Crippen LogP contribution in [0.25, 0.3) is 22.5 Å². The minimum Gasteiger partial charge on any atom is -0.423 e. The lowest BCUT2D eigenvalue weighted by molar-refractivity contribution is 0.592. The molecule has 0 fully saturated rings. The number of nitrogens with zero attached hydrogens (tertiary/aromatic N) is 1. The molecule has 0 spiro atoms. The number of aromatic nitrogens is 1. The van der Waals surface area contributed by atoms with E-state index in [9.17, 15) is 8.42 Å². The number of rotatable bonds is 4. The van der Waals surface area contributed by atoms with E-state index in [1.54, 1.807) is 24.4 Å². The quantitative estimate of drug-likeness (QED) is 0.430. The highest BCUT2D eigenvalue weighted by Gasteiger charge is 2.23. The molecular formula is C22H16ClN3O3S. The molecule has 4 aromatic rings. The van der Waals surface area contributed by atoms with Crippen LogP contribution in [0.5, 0.6) is 0 Å². The Morgan fingerprint density at radius 1 is 0.933 bits per heavy atom. The van der Waals surface area contributed by atoms with E-state index in [2.05, 4.69) is 15.0 Å². The van der Waals surface area contributed by atoms with E-state index in [1.807, 2.05) is 48.5 Å². The second-order valence-electron chi connectivity index (χ2n) is 6.97. The average Bonchev–Trinajstić information content (AvgIpc) is 3.31. The molecule has 3 aromatic carbocycles. The van der Waals surface area contributed by atoms with Crippen molar-refractivity contribution >= 4 is 39.0 Å². The van der Waals surface area contributed by atoms with Gasteiger partial charge in [-0.05, 0) is 47.0 Å². The molecule has 150 valence electrons. The van der Waals surface area contributed by atoms with E-state index in [0.717, 1.165) is 16.7 Å². The maximum absolute atomic E-state index is 11.7. The maximum Gasteiger partial charge on any atom is 0.299 e. The smallest absolute Gasteiger partial charge is 0.299 e. The normalized spacial score (nSPS) is 14.2. The molecule has 1 aliphatic rings. The molecular weight excluding hydrogens is 422 g/mol. The van der Waals surface area contributed by atoms with Crippen LogP contribution in [-0.2, 0) is 15.8 Å². The maximum atomic E-state index is 11.7. The molecule has 30 heavy (non-hydrogen) atoms. The van der Waals surface area contributed by atoms with Crippen molar-refractivity contribution in [1.29, 1.82) is 0 Å². The number of halogens is 1. The lowest BCUT2D eigenvalue weighted by Gasteiger charge is -2.04. The van der Waals surface area contributed by atoms with Crippen LogP contribution in [0.4, 0.5) is 17.4 Å². The number of hydrogen-bond donors (Lipinski definition) is 2. The summed E-state index contributed by atoms with van der Waals surface area (Å²) in [5.41, 5.74) is 5.09. The number of nitrogens with one attached hydrogen (secondary N) is 2. The molecule has 8 heteroatoms. The Bertz CT molecular complexity index is 1330. The highest BCUT2D eigenvalue weighted by Crippen LogP contribution is 2.32. The second kappa shape index (κ2) is 7.19. The Labute approximate surface area is 178 Å². The van der Waals surface area contributed by atoms with Crippen molar-refractivity contribution in [1.82, 2.24) is 4.98 Å². The summed E-state index contributed by atoms with van der Waals surface area (Å²) in [6.45, 7) is 0. The standard InChI is InChI=1S/C22H16ClN3O3S/c23-18-7-5-15(6-8-18)14-1-3-16(4-2-14)21-12-24-22(29-21)25-19-9-10-20-17(11-19)13-30(27,28)26-20/h1-12,26H,13H2,(H,24,25). The number of fused-ring (bicyclic) bond motifs is 1. The van der Waals surface area contributed by atoms with E-state index in [1.165, 1.54) is 0 Å². The summed E-state index contributed by atoms with van der Waals surface area (Å²) in [5.74, 6) is 0.597. The number of oxazole rings is 1. The van der Waals surface area contributed by atoms with Crippen molar-refractivity contribution in [2.24, 2.45) is 0 Å². The van der Waals surface area contributed by atoms with Gasteiger partial charge in [0.05, 0.1) is 17.6 Å². The summed E-state index contributed by atoms with van der Waals surface area (Å²) in [6, 6.07) is 21.3. The molecule has 0 unspecified atom stereocenters. The minimum absolute atomic E-state index is 0.0331. The zero-order chi connectivity index (χ0) is 20.7. The van der Waals surface area contributed by atoms with Gasteiger partial charge in [0.25, 0.3) is 6.01 Å². The summed E-state index contributed by atoms with van der Waals surface area (Å²) >= 11 is 5.95. The van der Waals surface area contributed by atoms with Crippen molar-refractivity contribution in [2.75, 3.05) is 10.0 Å². The zero-order valence-electron chi connectivity index (χ0n) is 15.6. The van der Waals surface area contributed by atoms with Gasteiger partial charge in [-0.3, -0.25) is 4.72 Å². The van der Waals surface area contributed by atoms with Crippen molar-refractivity contribution in [3.63, 3.8) is 0 Å². The predicted octanol–water partition coefficient (Wildman–Crippen LogP) is 5.66. The molecule has 0 atom stereocenters. The molecule has 0 bridgehead atoms. The first-order valence-electron chi connectivity index (χ1n) is 9.18. The number of sulfonamides is 1. The molecule has 0 radical (unpaired) electrons. The molecule has 1 aromatic heterocycles. The molecule has 0 saturated heterocycles. The molecule has 0 saturated carbocycles. The molecule has 0 aliphatic carbocycles. The molecule has 5 rings (SSSR count). The largest absolute Gasteiger partial charge is 0.423 e. The van der Waals surface area contributed by atoms with Crippen molar-refractivity contribution < 1.29 is 12.8 Å². The minimum atomic E-state index is -3.28. The van der Waals surface area contributed by atoms with Crippen molar-refractivity contribution in [3.05, 3.63) is 83.5 Å². The van der Waals surface area contributed by atoms with Gasteiger partial charge < -0.3 is 9.73 Å². The van der Waals surface area contributed by atoms with E-state index in [4.69, 9.17) is 16.0 Å². The van der Waals surface area contributed by atoms with Crippen LogP contribution in [0, 0.1) is 0 Å². The SMILES string of the molecule is O=S1(=O)Cc2cc(Nc3ncc(-c4ccc(-c5ccc(Cl)cc5)cc4)o3)ccc2N1. The fraction of sp³-hybridized carbons (Fsp3) is 0.0455. The highest BCUT2D eigenvalue weighted by molar-refractivity contribution is 7.92. The van der Waals surface area contributed by atoms with Gasteiger partial charge in [-0.15, -0.1) is 0 Å². The Hall–Kier alpha value is -3.29. The van der Waals surface area contributed by atoms with Gasteiger partial charge in [0, 0.05) is 16.3 Å². The third kappa shape index (κ3) is 3.77. The predicted molar refractivity (Wildman–Crippen MR) is 118 cm³/mol. The summed E-state index contributed by atoms with van der Waals surface area (Å²) in [7, 11) is -3.28. The fourth-order valence-electron chi connectivity index (χ4n) is 3.36. The van der Waals surface area contributed by atoms with Crippen LogP contribution < -0.4 is 10.0 Å². The number of benzene rings is 3. The van der Waals surface area contributed by atoms with E-state index < -0.39 is 10.0 Å². The lowest BCUT2D eigenvalue weighted by Crippen LogP contribution is -2.05. The monoisotopic (exact) mass is 437 g/mol. The first-order valence-corrected chi connectivity index (χ1v) is 11.2. The van der Waals surface area contributed by atoms with Crippen molar-refractivity contribution in [3.8, 4) is 22.5 Å². The topological polar surface area (TPSA) is 84.2 Å². The molecule has 0 amide bonds. The molecule has 2 N–H and O–H groups in total. The third-order valence-electron chi connectivity index (χ3n) is 4.82. The van der Waals surface area contributed by atoms with E-state index in [0.29, 0.717) is 33.7 Å². The Balaban J connectivity index is 1.33. The van der Waals surface area contributed by atoms with E-state index >= 15 is 0 Å². The van der Waals surface area contributed by atoms with Crippen LogP contribution in [0.3, 0.4) is 0 Å². The highest BCUT2D eigenvalue weighted by atomic mass is 35.5. The third-order valence-corrected chi connectivity index (χ3v) is 6.29. The summed E-state index contributed by atoms with van der Waals surface area (Å²) in [4.78, 5) is 4.27. The van der Waals surface area contributed by atoms with Gasteiger partial charge in [0.2, 0.25) is 10.0 Å². The summed E-state index contributed by atoms with van der Waals surface area (Å²) < 4.78 is 31.7. The van der Waals surface area contributed by atoms with Crippen molar-refractivity contribution in [2.45, 2.75) is 5.75 Å². The summed E-state index contributed by atoms with van der Waals surface area (Å²) in [6.07, 6.45) is 1.65. The van der Waals surface area contributed by atoms with Crippen LogP contribution in [-0.4, -0.2) is 13.4 Å². The fourth-order valence-corrected chi connectivity index (χ4v) is 4.74. The van der Waals surface area contributed by atoms with Gasteiger partial charge in [-0.25, -0.2) is 13.4 Å². The first kappa shape index (κ1) is 18.7. The van der Waals surface area contributed by atoms with E-state index in [-0.39, 0.29) is 5.75 Å². The number of hydrogen-bond acceptors (Lipinski definition) is 5. The molecule has 2 heterocycles. The van der Waals surface area contributed by atoms with Gasteiger partial charge >= 0.3 is 0 Å². The van der Waals surface area contributed by atoms with Crippen LogP contribution in [0.2, 0.25) is 5.02 Å². The Morgan fingerprint density at radius 3 is 2.33 bits per heavy atom. The average molecular weight is 438 g/mol. The number of anilines is 3. The molecule has 1 aliphatic heterocycles. The Morgan fingerprint density at radius 2 is 1.60 bits per heavy atom. The lowest BCUT2D eigenvalue weighted by atomic mass is 10.0. The van der Waals surface area contributed by atoms with Gasteiger partial charge in [-0.1, -0.05) is 48.0 Å².